The second kappa shape index (κ2) is 8.56. The number of rotatable bonds is 7. The van der Waals surface area contributed by atoms with Gasteiger partial charge in [-0.2, -0.15) is 4.98 Å². The molecule has 7 nitrogen and oxygen atoms in total. The van der Waals surface area contributed by atoms with E-state index in [0.29, 0.717) is 23.2 Å². The van der Waals surface area contributed by atoms with Crippen molar-refractivity contribution >= 4 is 5.91 Å². The Kier molecular flexibility index (Phi) is 5.93. The molecule has 2 aromatic carbocycles. The lowest BCUT2D eigenvalue weighted by Crippen LogP contribution is -2.37. The summed E-state index contributed by atoms with van der Waals surface area (Å²) in [7, 11) is 3.27. The maximum atomic E-state index is 12.6. The van der Waals surface area contributed by atoms with E-state index >= 15 is 0 Å². The molecule has 3 rings (SSSR count). The lowest BCUT2D eigenvalue weighted by molar-refractivity contribution is -0.137. The Morgan fingerprint density at radius 3 is 2.64 bits per heavy atom. The summed E-state index contributed by atoms with van der Waals surface area (Å²) < 4.78 is 16.2. The summed E-state index contributed by atoms with van der Waals surface area (Å²) in [6.45, 7) is 3.90. The van der Waals surface area contributed by atoms with Crippen molar-refractivity contribution in [1.29, 1.82) is 0 Å². The Morgan fingerprint density at radius 1 is 1.18 bits per heavy atom. The smallest absolute Gasteiger partial charge is 0.263 e. The Labute approximate surface area is 163 Å². The third kappa shape index (κ3) is 4.68. The first-order valence-electron chi connectivity index (χ1n) is 8.91. The molecule has 0 fully saturated rings. The van der Waals surface area contributed by atoms with Gasteiger partial charge in [0.1, 0.15) is 11.5 Å². The first kappa shape index (κ1) is 19.4. The minimum absolute atomic E-state index is 0.179. The molecule has 0 aliphatic heterocycles. The van der Waals surface area contributed by atoms with E-state index < -0.39 is 6.10 Å². The van der Waals surface area contributed by atoms with Gasteiger partial charge in [-0.25, -0.2) is 0 Å². The van der Waals surface area contributed by atoms with Gasteiger partial charge in [-0.15, -0.1) is 0 Å². The lowest BCUT2D eigenvalue weighted by atomic mass is 10.2. The van der Waals surface area contributed by atoms with Gasteiger partial charge in [-0.3, -0.25) is 4.79 Å². The molecular weight excluding hydrogens is 358 g/mol. The summed E-state index contributed by atoms with van der Waals surface area (Å²) >= 11 is 0. The molecule has 1 aromatic heterocycles. The lowest BCUT2D eigenvalue weighted by Gasteiger charge is -2.20. The number of aryl methyl sites for hydroxylation is 1. The Bertz CT molecular complexity index is 937. The van der Waals surface area contributed by atoms with Crippen LogP contribution in [0.1, 0.15) is 18.4 Å². The monoisotopic (exact) mass is 381 g/mol. The zero-order chi connectivity index (χ0) is 20.1. The van der Waals surface area contributed by atoms with Crippen molar-refractivity contribution < 1.29 is 18.8 Å². The molecule has 0 N–H and O–H groups in total. The SMILES string of the molecule is COc1cccc(-c2noc(CN(C)C(=O)[C@H](C)Oc3ccc(C)cc3)n2)c1. The van der Waals surface area contributed by atoms with Crippen molar-refractivity contribution in [3.8, 4) is 22.9 Å². The fraction of sp³-hybridized carbons (Fsp3) is 0.286. The fourth-order valence-corrected chi connectivity index (χ4v) is 2.66. The number of hydrogen-bond donors (Lipinski definition) is 0. The molecule has 0 spiro atoms. The predicted molar refractivity (Wildman–Crippen MR) is 104 cm³/mol. The number of carbonyl (C=O) groups is 1. The van der Waals surface area contributed by atoms with Gasteiger partial charge in [0.15, 0.2) is 6.10 Å². The minimum atomic E-state index is -0.631. The molecule has 1 atom stereocenters. The molecule has 0 radical (unpaired) electrons. The molecule has 0 bridgehead atoms. The summed E-state index contributed by atoms with van der Waals surface area (Å²) in [6.07, 6.45) is -0.631. The normalized spacial score (nSPS) is 11.7. The molecule has 0 aliphatic rings. The highest BCUT2D eigenvalue weighted by atomic mass is 16.5. The van der Waals surface area contributed by atoms with Crippen LogP contribution < -0.4 is 9.47 Å². The third-order valence-corrected chi connectivity index (χ3v) is 4.23. The van der Waals surface area contributed by atoms with E-state index in [1.807, 2.05) is 55.5 Å². The van der Waals surface area contributed by atoms with Crippen molar-refractivity contribution in [1.82, 2.24) is 15.0 Å². The number of benzene rings is 2. The predicted octanol–water partition coefficient (Wildman–Crippen LogP) is 3.48. The van der Waals surface area contributed by atoms with Gasteiger partial charge in [0, 0.05) is 12.6 Å². The number of ether oxygens (including phenoxy) is 2. The molecule has 3 aromatic rings. The largest absolute Gasteiger partial charge is 0.497 e. The topological polar surface area (TPSA) is 77.7 Å². The molecule has 28 heavy (non-hydrogen) atoms. The van der Waals surface area contributed by atoms with Crippen LogP contribution in [-0.2, 0) is 11.3 Å². The molecule has 0 saturated heterocycles. The first-order chi connectivity index (χ1) is 13.5. The van der Waals surface area contributed by atoms with Crippen LogP contribution in [0.15, 0.2) is 53.1 Å². The molecule has 1 heterocycles. The maximum Gasteiger partial charge on any atom is 0.263 e. The molecule has 1 amide bonds. The first-order valence-corrected chi connectivity index (χ1v) is 8.91. The van der Waals surface area contributed by atoms with Gasteiger partial charge in [0.2, 0.25) is 11.7 Å². The number of methoxy groups -OCH3 is 1. The molecule has 0 unspecified atom stereocenters. The van der Waals surface area contributed by atoms with Gasteiger partial charge in [-0.1, -0.05) is 35.0 Å². The van der Waals surface area contributed by atoms with Crippen LogP contribution in [0.25, 0.3) is 11.4 Å². The Balaban J connectivity index is 1.62. The number of carbonyl (C=O) groups excluding carboxylic acids is 1. The Morgan fingerprint density at radius 2 is 1.93 bits per heavy atom. The average Bonchev–Trinajstić information content (AvgIpc) is 3.17. The van der Waals surface area contributed by atoms with Crippen molar-refractivity contribution in [2.24, 2.45) is 0 Å². The van der Waals surface area contributed by atoms with Crippen LogP contribution in [0.5, 0.6) is 11.5 Å². The number of nitrogens with zero attached hydrogens (tertiary/aromatic N) is 3. The quantitative estimate of drug-likeness (QED) is 0.624. The molecule has 146 valence electrons. The summed E-state index contributed by atoms with van der Waals surface area (Å²) in [5.41, 5.74) is 1.91. The van der Waals surface area contributed by atoms with Crippen LogP contribution in [0.2, 0.25) is 0 Å². The fourth-order valence-electron chi connectivity index (χ4n) is 2.66. The molecule has 7 heteroatoms. The van der Waals surface area contributed by atoms with Crippen LogP contribution in [0.4, 0.5) is 0 Å². The van der Waals surface area contributed by atoms with Gasteiger partial charge < -0.3 is 18.9 Å². The van der Waals surface area contributed by atoms with E-state index in [4.69, 9.17) is 14.0 Å². The molecule has 0 saturated carbocycles. The van der Waals surface area contributed by atoms with Crippen LogP contribution in [-0.4, -0.2) is 41.2 Å². The highest BCUT2D eigenvalue weighted by molar-refractivity contribution is 5.80. The summed E-state index contributed by atoms with van der Waals surface area (Å²) in [5.74, 6) is 1.97. The Hall–Kier alpha value is -3.35. The van der Waals surface area contributed by atoms with E-state index in [2.05, 4.69) is 10.1 Å². The van der Waals surface area contributed by atoms with Gasteiger partial charge in [0.05, 0.1) is 13.7 Å². The second-order valence-corrected chi connectivity index (χ2v) is 6.51. The summed E-state index contributed by atoms with van der Waals surface area (Å²) in [5, 5.41) is 3.98. The zero-order valence-electron chi connectivity index (χ0n) is 16.4. The van der Waals surface area contributed by atoms with Crippen molar-refractivity contribution in [3.63, 3.8) is 0 Å². The van der Waals surface area contributed by atoms with Gasteiger partial charge >= 0.3 is 0 Å². The van der Waals surface area contributed by atoms with E-state index in [9.17, 15) is 4.79 Å². The summed E-state index contributed by atoms with van der Waals surface area (Å²) in [4.78, 5) is 18.4. The van der Waals surface area contributed by atoms with Crippen molar-refractivity contribution in [2.45, 2.75) is 26.5 Å². The van der Waals surface area contributed by atoms with E-state index in [1.165, 1.54) is 4.90 Å². The second-order valence-electron chi connectivity index (χ2n) is 6.51. The zero-order valence-corrected chi connectivity index (χ0v) is 16.4. The van der Waals surface area contributed by atoms with E-state index in [1.54, 1.807) is 21.1 Å². The number of amides is 1. The number of hydrogen-bond acceptors (Lipinski definition) is 6. The van der Waals surface area contributed by atoms with Crippen molar-refractivity contribution in [3.05, 3.63) is 60.0 Å². The van der Waals surface area contributed by atoms with E-state index in [-0.39, 0.29) is 12.5 Å². The standard InChI is InChI=1S/C21H23N3O4/c1-14-8-10-17(11-9-14)27-15(2)21(25)24(3)13-19-22-20(23-28-19)16-6-5-7-18(12-16)26-4/h5-12,15H,13H2,1-4H3/t15-/m0/s1. The van der Waals surface area contributed by atoms with Gasteiger partial charge in [-0.05, 0) is 38.1 Å². The molecular formula is C21H23N3O4. The van der Waals surface area contributed by atoms with Gasteiger partial charge in [0.25, 0.3) is 5.91 Å². The number of likely N-dealkylation sites (N-methyl/N-ethyl adjacent to an activating group) is 1. The van der Waals surface area contributed by atoms with Crippen LogP contribution >= 0.6 is 0 Å². The van der Waals surface area contributed by atoms with Crippen molar-refractivity contribution in [2.75, 3.05) is 14.2 Å². The van der Waals surface area contributed by atoms with Crippen LogP contribution in [0, 0.1) is 6.92 Å². The third-order valence-electron chi connectivity index (χ3n) is 4.23. The van der Waals surface area contributed by atoms with E-state index in [0.717, 1.165) is 11.1 Å². The maximum absolute atomic E-state index is 12.6. The molecule has 0 aliphatic carbocycles. The number of aromatic nitrogens is 2. The highest BCUT2D eigenvalue weighted by Gasteiger charge is 2.21. The van der Waals surface area contributed by atoms with Crippen LogP contribution in [0.3, 0.4) is 0 Å². The summed E-state index contributed by atoms with van der Waals surface area (Å²) in [6, 6.07) is 14.9. The minimum Gasteiger partial charge on any atom is -0.497 e. The average molecular weight is 381 g/mol. The highest BCUT2D eigenvalue weighted by Crippen LogP contribution is 2.21.